The molecule has 112 valence electrons. The van der Waals surface area contributed by atoms with Gasteiger partial charge in [-0.2, -0.15) is 0 Å². The Kier molecular flexibility index (Phi) is 5.34. The molecule has 21 heavy (non-hydrogen) atoms. The van der Waals surface area contributed by atoms with Gasteiger partial charge in [-0.3, -0.25) is 0 Å². The molecular weight excluding hydrogens is 265 g/mol. The molecule has 2 aromatic carbocycles. The van der Waals surface area contributed by atoms with Crippen LogP contribution in [0.3, 0.4) is 0 Å². The molecule has 0 saturated carbocycles. The van der Waals surface area contributed by atoms with Crippen LogP contribution in [-0.4, -0.2) is 6.54 Å². The molecule has 1 atom stereocenters. The van der Waals surface area contributed by atoms with Gasteiger partial charge in [-0.1, -0.05) is 31.2 Å². The van der Waals surface area contributed by atoms with Crippen molar-refractivity contribution in [3.63, 3.8) is 0 Å². The predicted octanol–water partition coefficient (Wildman–Crippen LogP) is 4.38. The van der Waals surface area contributed by atoms with Gasteiger partial charge in [0.05, 0.1) is 0 Å². The Hall–Kier alpha value is -1.87. The molecule has 2 nitrogen and oxygen atoms in total. The zero-order valence-electron chi connectivity index (χ0n) is 12.8. The highest BCUT2D eigenvalue weighted by atomic mass is 19.1. The summed E-state index contributed by atoms with van der Waals surface area (Å²) in [7, 11) is 0. The van der Waals surface area contributed by atoms with E-state index < -0.39 is 0 Å². The van der Waals surface area contributed by atoms with Crippen molar-refractivity contribution in [1.29, 1.82) is 0 Å². The fraction of sp³-hybridized carbons (Fsp3) is 0.333. The van der Waals surface area contributed by atoms with Crippen LogP contribution in [0.2, 0.25) is 0 Å². The van der Waals surface area contributed by atoms with Gasteiger partial charge < -0.3 is 10.1 Å². The number of hydrogen-bond acceptors (Lipinski definition) is 2. The minimum Gasteiger partial charge on any atom is -0.489 e. The normalized spacial score (nSPS) is 12.2. The second-order valence-electron chi connectivity index (χ2n) is 5.18. The van der Waals surface area contributed by atoms with Crippen molar-refractivity contribution in [3.05, 3.63) is 65.0 Å². The lowest BCUT2D eigenvalue weighted by molar-refractivity contribution is 0.298. The second kappa shape index (κ2) is 7.23. The Morgan fingerprint density at radius 2 is 1.95 bits per heavy atom. The van der Waals surface area contributed by atoms with Crippen LogP contribution < -0.4 is 10.1 Å². The SMILES string of the molecule is CCNC(C)c1cc(F)ccc1OCc1ccccc1C. The summed E-state index contributed by atoms with van der Waals surface area (Å²) in [6.45, 7) is 7.42. The van der Waals surface area contributed by atoms with Crippen LogP contribution in [0.15, 0.2) is 42.5 Å². The highest BCUT2D eigenvalue weighted by Gasteiger charge is 2.12. The molecule has 0 aliphatic rings. The monoisotopic (exact) mass is 287 g/mol. The van der Waals surface area contributed by atoms with E-state index in [1.807, 2.05) is 32.0 Å². The van der Waals surface area contributed by atoms with Crippen LogP contribution in [0.25, 0.3) is 0 Å². The first-order valence-corrected chi connectivity index (χ1v) is 7.32. The maximum Gasteiger partial charge on any atom is 0.124 e. The fourth-order valence-electron chi connectivity index (χ4n) is 2.33. The average Bonchev–Trinajstić information content (AvgIpc) is 2.47. The van der Waals surface area contributed by atoms with Gasteiger partial charge in [-0.05, 0) is 49.7 Å². The summed E-state index contributed by atoms with van der Waals surface area (Å²) in [4.78, 5) is 0. The zero-order chi connectivity index (χ0) is 15.2. The maximum atomic E-state index is 13.5. The van der Waals surface area contributed by atoms with Crippen LogP contribution in [0.5, 0.6) is 5.75 Å². The van der Waals surface area contributed by atoms with Crippen molar-refractivity contribution in [2.45, 2.75) is 33.4 Å². The largest absolute Gasteiger partial charge is 0.489 e. The van der Waals surface area contributed by atoms with E-state index in [1.165, 1.54) is 11.6 Å². The van der Waals surface area contributed by atoms with Crippen LogP contribution in [0.4, 0.5) is 4.39 Å². The first-order chi connectivity index (χ1) is 10.1. The van der Waals surface area contributed by atoms with Crippen LogP contribution in [0.1, 0.15) is 36.6 Å². The Balaban J connectivity index is 2.18. The molecule has 0 heterocycles. The van der Waals surface area contributed by atoms with Gasteiger partial charge in [-0.15, -0.1) is 0 Å². The second-order valence-corrected chi connectivity index (χ2v) is 5.18. The Morgan fingerprint density at radius 3 is 2.67 bits per heavy atom. The van der Waals surface area contributed by atoms with Crippen molar-refractivity contribution < 1.29 is 9.13 Å². The number of halogens is 1. The molecule has 0 radical (unpaired) electrons. The van der Waals surface area contributed by atoms with Crippen molar-refractivity contribution in [1.82, 2.24) is 5.32 Å². The quantitative estimate of drug-likeness (QED) is 0.851. The lowest BCUT2D eigenvalue weighted by Crippen LogP contribution is -2.18. The molecule has 2 rings (SSSR count). The van der Waals surface area contributed by atoms with Crippen molar-refractivity contribution in [2.75, 3.05) is 6.54 Å². The number of aryl methyl sites for hydroxylation is 1. The molecule has 0 fully saturated rings. The minimum atomic E-state index is -0.238. The van der Waals surface area contributed by atoms with E-state index >= 15 is 0 Å². The lowest BCUT2D eigenvalue weighted by Gasteiger charge is -2.18. The van der Waals surface area contributed by atoms with Gasteiger partial charge in [0.15, 0.2) is 0 Å². The van der Waals surface area contributed by atoms with Crippen LogP contribution in [0, 0.1) is 12.7 Å². The molecule has 0 bridgehead atoms. The average molecular weight is 287 g/mol. The summed E-state index contributed by atoms with van der Waals surface area (Å²) < 4.78 is 19.4. The summed E-state index contributed by atoms with van der Waals surface area (Å²) in [5, 5.41) is 3.29. The molecule has 0 saturated heterocycles. The number of ether oxygens (including phenoxy) is 1. The van der Waals surface area contributed by atoms with E-state index in [2.05, 4.69) is 18.3 Å². The molecule has 3 heteroatoms. The van der Waals surface area contributed by atoms with Crippen molar-refractivity contribution in [2.24, 2.45) is 0 Å². The number of nitrogens with one attached hydrogen (secondary N) is 1. The molecule has 0 aliphatic carbocycles. The van der Waals surface area contributed by atoms with Gasteiger partial charge in [0.25, 0.3) is 0 Å². The first kappa shape index (κ1) is 15.5. The molecule has 0 aliphatic heterocycles. The number of rotatable bonds is 6. The third-order valence-corrected chi connectivity index (χ3v) is 3.59. The van der Waals surface area contributed by atoms with E-state index in [0.29, 0.717) is 6.61 Å². The van der Waals surface area contributed by atoms with E-state index in [1.54, 1.807) is 12.1 Å². The van der Waals surface area contributed by atoms with Gasteiger partial charge in [0, 0.05) is 11.6 Å². The predicted molar refractivity (Wildman–Crippen MR) is 84.0 cm³/mol. The molecule has 1 N–H and O–H groups in total. The molecular formula is C18H22FNO. The molecule has 2 aromatic rings. The Labute approximate surface area is 126 Å². The topological polar surface area (TPSA) is 21.3 Å². The summed E-state index contributed by atoms with van der Waals surface area (Å²) >= 11 is 0. The van der Waals surface area contributed by atoms with Crippen molar-refractivity contribution >= 4 is 0 Å². The number of benzene rings is 2. The molecule has 1 unspecified atom stereocenters. The highest BCUT2D eigenvalue weighted by Crippen LogP contribution is 2.27. The third-order valence-electron chi connectivity index (χ3n) is 3.59. The van der Waals surface area contributed by atoms with Gasteiger partial charge in [0.1, 0.15) is 18.2 Å². The standard InChI is InChI=1S/C18H22FNO/c1-4-20-14(3)17-11-16(19)9-10-18(17)21-12-15-8-6-5-7-13(15)2/h5-11,14,20H,4,12H2,1-3H3. The Morgan fingerprint density at radius 1 is 1.19 bits per heavy atom. The fourth-order valence-corrected chi connectivity index (χ4v) is 2.33. The zero-order valence-corrected chi connectivity index (χ0v) is 12.8. The van der Waals surface area contributed by atoms with Crippen molar-refractivity contribution in [3.8, 4) is 5.75 Å². The molecule has 0 aromatic heterocycles. The van der Waals surface area contributed by atoms with Gasteiger partial charge in [0.2, 0.25) is 0 Å². The molecule has 0 amide bonds. The lowest BCUT2D eigenvalue weighted by atomic mass is 10.1. The summed E-state index contributed by atoms with van der Waals surface area (Å²) in [5.74, 6) is 0.492. The minimum absolute atomic E-state index is 0.0533. The van der Waals surface area contributed by atoms with E-state index in [0.717, 1.165) is 23.4 Å². The smallest absolute Gasteiger partial charge is 0.124 e. The van der Waals surface area contributed by atoms with E-state index in [4.69, 9.17) is 4.74 Å². The van der Waals surface area contributed by atoms with Gasteiger partial charge >= 0.3 is 0 Å². The first-order valence-electron chi connectivity index (χ1n) is 7.32. The van der Waals surface area contributed by atoms with Crippen LogP contribution >= 0.6 is 0 Å². The highest BCUT2D eigenvalue weighted by molar-refractivity contribution is 5.37. The van der Waals surface area contributed by atoms with E-state index in [9.17, 15) is 4.39 Å². The summed E-state index contributed by atoms with van der Waals surface area (Å²) in [6, 6.07) is 12.9. The van der Waals surface area contributed by atoms with Crippen LogP contribution in [-0.2, 0) is 6.61 Å². The Bertz CT molecular complexity index is 598. The maximum absolute atomic E-state index is 13.5. The van der Waals surface area contributed by atoms with Gasteiger partial charge in [-0.25, -0.2) is 4.39 Å². The molecule has 0 spiro atoms. The third kappa shape index (κ3) is 4.05. The summed E-state index contributed by atoms with van der Waals surface area (Å²) in [6.07, 6.45) is 0. The van der Waals surface area contributed by atoms with E-state index in [-0.39, 0.29) is 11.9 Å². The summed E-state index contributed by atoms with van der Waals surface area (Å²) in [5.41, 5.74) is 3.19. The number of hydrogen-bond donors (Lipinski definition) is 1.